The van der Waals surface area contributed by atoms with Gasteiger partial charge in [0, 0.05) is 57.6 Å². The Kier molecular flexibility index (Phi) is 10.1. The van der Waals surface area contributed by atoms with Gasteiger partial charge in [0.15, 0.2) is 0 Å². The van der Waals surface area contributed by atoms with Gasteiger partial charge in [-0.05, 0) is 43.5 Å². The Balaban J connectivity index is 1.41. The van der Waals surface area contributed by atoms with Gasteiger partial charge in [0.05, 0.1) is 22.9 Å². The van der Waals surface area contributed by atoms with Crippen molar-refractivity contribution in [2.45, 2.75) is 51.0 Å². The molecule has 6 N–H and O–H groups in total. The molecule has 0 unspecified atom stereocenters. The van der Waals surface area contributed by atoms with E-state index in [1.54, 1.807) is 31.3 Å². The molecule has 1 aromatic rings. The number of amidine groups is 1. The summed E-state index contributed by atoms with van der Waals surface area (Å²) in [6, 6.07) is 5.27. The topological polar surface area (TPSA) is 141 Å². The average Bonchev–Trinajstić information content (AvgIpc) is 3.39. The van der Waals surface area contributed by atoms with Crippen molar-refractivity contribution in [1.29, 1.82) is 0 Å². The minimum Gasteiger partial charge on any atom is -0.489 e. The van der Waals surface area contributed by atoms with E-state index in [-0.39, 0.29) is 36.9 Å². The van der Waals surface area contributed by atoms with E-state index in [0.29, 0.717) is 65.4 Å². The maximum absolute atomic E-state index is 12.7. The summed E-state index contributed by atoms with van der Waals surface area (Å²) >= 11 is 6.56. The van der Waals surface area contributed by atoms with Crippen LogP contribution in [0.2, 0.25) is 5.02 Å². The number of benzene rings is 1. The average molecular weight is 559 g/mol. The first-order chi connectivity index (χ1) is 18.9. The van der Waals surface area contributed by atoms with Gasteiger partial charge < -0.3 is 36.4 Å². The molecule has 2 amide bonds. The molecule has 1 saturated heterocycles. The zero-order chi connectivity index (χ0) is 27.8. The summed E-state index contributed by atoms with van der Waals surface area (Å²) in [7, 11) is 1.76. The van der Waals surface area contributed by atoms with Gasteiger partial charge in [-0.25, -0.2) is 4.99 Å². The minimum absolute atomic E-state index is 0.00417. The number of amides is 2. The SMILES string of the molecule is CNC1=C(C(N)=Nc2ccc(OC3CCN(C(=O)C4CCCC4)CC3)c(Cl)c2)C=C(C(=O)NCCO)CCN1. The van der Waals surface area contributed by atoms with Crippen LogP contribution in [0.5, 0.6) is 5.75 Å². The van der Waals surface area contributed by atoms with E-state index in [2.05, 4.69) is 20.9 Å². The van der Waals surface area contributed by atoms with Crippen molar-refractivity contribution in [2.24, 2.45) is 16.6 Å². The molecule has 2 aliphatic heterocycles. The molecule has 0 aromatic heterocycles. The lowest BCUT2D eigenvalue weighted by molar-refractivity contribution is -0.137. The number of carbonyl (C=O) groups excluding carboxylic acids is 2. The van der Waals surface area contributed by atoms with Crippen molar-refractivity contribution in [3.63, 3.8) is 0 Å². The zero-order valence-corrected chi connectivity index (χ0v) is 23.2. The first kappa shape index (κ1) is 28.8. The molecule has 39 heavy (non-hydrogen) atoms. The largest absolute Gasteiger partial charge is 0.489 e. The molecule has 4 rings (SSSR count). The highest BCUT2D eigenvalue weighted by Crippen LogP contribution is 2.32. The maximum atomic E-state index is 12.7. The standard InChI is InChI=1S/C28H39ClN6O4/c1-31-26-22(16-19(8-11-32-26)27(37)33-12-15-36)25(30)34-20-6-7-24(23(29)17-20)39-21-9-13-35(14-10-21)28(38)18-4-2-3-5-18/h6-7,16-18,21,31-32,36H,2-5,8-15H2,1H3,(H2,30,34)(H,33,37). The molecule has 10 nitrogen and oxygen atoms in total. The number of piperidine rings is 1. The number of aliphatic hydroxyl groups excluding tert-OH is 1. The highest BCUT2D eigenvalue weighted by atomic mass is 35.5. The van der Waals surface area contributed by atoms with Crippen LogP contribution in [0.1, 0.15) is 44.9 Å². The molecule has 1 saturated carbocycles. The predicted molar refractivity (Wildman–Crippen MR) is 152 cm³/mol. The zero-order valence-electron chi connectivity index (χ0n) is 22.5. The summed E-state index contributed by atoms with van der Waals surface area (Å²) < 4.78 is 6.19. The number of ether oxygens (including phenoxy) is 1. The van der Waals surface area contributed by atoms with Gasteiger partial charge in [-0.3, -0.25) is 9.59 Å². The lowest BCUT2D eigenvalue weighted by Gasteiger charge is -2.33. The number of nitrogens with two attached hydrogens (primary N) is 1. The smallest absolute Gasteiger partial charge is 0.247 e. The van der Waals surface area contributed by atoms with Crippen LogP contribution >= 0.6 is 11.6 Å². The highest BCUT2D eigenvalue weighted by molar-refractivity contribution is 6.32. The van der Waals surface area contributed by atoms with Crippen molar-refractivity contribution in [3.05, 3.63) is 46.3 Å². The fourth-order valence-electron chi connectivity index (χ4n) is 5.28. The van der Waals surface area contributed by atoms with Crippen LogP contribution in [-0.4, -0.2) is 73.6 Å². The second-order valence-electron chi connectivity index (χ2n) is 10.1. The third-order valence-corrected chi connectivity index (χ3v) is 7.71. The van der Waals surface area contributed by atoms with Gasteiger partial charge in [-0.15, -0.1) is 0 Å². The summed E-state index contributed by atoms with van der Waals surface area (Å²) in [5.74, 6) is 1.69. The quantitative estimate of drug-likeness (QED) is 0.231. The maximum Gasteiger partial charge on any atom is 0.247 e. The van der Waals surface area contributed by atoms with Gasteiger partial charge >= 0.3 is 0 Å². The molecule has 2 fully saturated rings. The Labute approximate surface area is 234 Å². The van der Waals surface area contributed by atoms with E-state index in [0.717, 1.165) is 38.5 Å². The fraction of sp³-hybridized carbons (Fsp3) is 0.536. The number of aliphatic hydroxyl groups is 1. The molecule has 0 bridgehead atoms. The van der Waals surface area contributed by atoms with Crippen molar-refractivity contribution in [2.75, 3.05) is 39.8 Å². The fourth-order valence-corrected chi connectivity index (χ4v) is 5.50. The van der Waals surface area contributed by atoms with Crippen LogP contribution in [0.3, 0.4) is 0 Å². The van der Waals surface area contributed by atoms with E-state index in [4.69, 9.17) is 27.2 Å². The van der Waals surface area contributed by atoms with E-state index in [1.807, 2.05) is 4.90 Å². The number of rotatable bonds is 9. The molecule has 0 atom stereocenters. The monoisotopic (exact) mass is 558 g/mol. The summed E-state index contributed by atoms with van der Waals surface area (Å²) in [4.78, 5) is 31.7. The molecule has 1 aliphatic carbocycles. The number of hydrogen-bond acceptors (Lipinski definition) is 7. The Hall–Kier alpha value is -3.24. The third kappa shape index (κ3) is 7.45. The summed E-state index contributed by atoms with van der Waals surface area (Å²) in [6.45, 7) is 2.00. The van der Waals surface area contributed by atoms with Crippen LogP contribution in [-0.2, 0) is 9.59 Å². The van der Waals surface area contributed by atoms with E-state index in [9.17, 15) is 9.59 Å². The minimum atomic E-state index is -0.258. The second kappa shape index (κ2) is 13.7. The molecule has 11 heteroatoms. The number of nitrogens with one attached hydrogen (secondary N) is 3. The normalized spacial score (nSPS) is 19.3. The van der Waals surface area contributed by atoms with E-state index >= 15 is 0 Å². The van der Waals surface area contributed by atoms with Crippen molar-refractivity contribution >= 4 is 34.9 Å². The van der Waals surface area contributed by atoms with Crippen LogP contribution < -0.4 is 26.4 Å². The van der Waals surface area contributed by atoms with Crippen LogP contribution in [0.4, 0.5) is 5.69 Å². The molecular formula is C28H39ClN6O4. The number of carbonyl (C=O) groups is 2. The van der Waals surface area contributed by atoms with E-state index < -0.39 is 0 Å². The molecule has 3 aliphatic rings. The number of aliphatic imine (C=N–C) groups is 1. The summed E-state index contributed by atoms with van der Waals surface area (Å²) in [5.41, 5.74) is 8.03. The Bertz CT molecular complexity index is 1140. The molecular weight excluding hydrogens is 520 g/mol. The molecule has 0 radical (unpaired) electrons. The highest BCUT2D eigenvalue weighted by Gasteiger charge is 2.30. The molecule has 1 aromatic carbocycles. The second-order valence-corrected chi connectivity index (χ2v) is 10.5. The molecule has 0 spiro atoms. The van der Waals surface area contributed by atoms with E-state index in [1.165, 1.54) is 0 Å². The van der Waals surface area contributed by atoms with Crippen molar-refractivity contribution in [3.8, 4) is 5.75 Å². The lowest BCUT2D eigenvalue weighted by atomic mass is 10.0. The van der Waals surface area contributed by atoms with Crippen LogP contribution in [0.25, 0.3) is 0 Å². The molecule has 212 valence electrons. The van der Waals surface area contributed by atoms with Crippen LogP contribution in [0.15, 0.2) is 46.2 Å². The van der Waals surface area contributed by atoms with Crippen LogP contribution in [0, 0.1) is 5.92 Å². The lowest BCUT2D eigenvalue weighted by Crippen LogP contribution is -2.44. The first-order valence-electron chi connectivity index (χ1n) is 13.7. The molecule has 2 heterocycles. The predicted octanol–water partition coefficient (Wildman–Crippen LogP) is 2.35. The van der Waals surface area contributed by atoms with Gasteiger partial charge in [-0.1, -0.05) is 24.4 Å². The Morgan fingerprint density at radius 2 is 1.97 bits per heavy atom. The van der Waals surface area contributed by atoms with Gasteiger partial charge in [-0.2, -0.15) is 0 Å². The third-order valence-electron chi connectivity index (χ3n) is 7.42. The number of likely N-dealkylation sites (tertiary alicyclic amines) is 1. The van der Waals surface area contributed by atoms with Gasteiger partial charge in [0.2, 0.25) is 11.8 Å². The van der Waals surface area contributed by atoms with Gasteiger partial charge in [0.25, 0.3) is 0 Å². The Morgan fingerprint density at radius 3 is 2.64 bits per heavy atom. The summed E-state index contributed by atoms with van der Waals surface area (Å²) in [6.07, 6.45) is 8.10. The number of nitrogens with zero attached hydrogens (tertiary/aromatic N) is 2. The van der Waals surface area contributed by atoms with Crippen molar-refractivity contribution in [1.82, 2.24) is 20.9 Å². The Morgan fingerprint density at radius 1 is 1.23 bits per heavy atom. The van der Waals surface area contributed by atoms with Gasteiger partial charge in [0.1, 0.15) is 23.5 Å². The van der Waals surface area contributed by atoms with Crippen molar-refractivity contribution < 1.29 is 19.4 Å². The number of halogens is 1. The number of hydrogen-bond donors (Lipinski definition) is 5. The first-order valence-corrected chi connectivity index (χ1v) is 14.1. The summed E-state index contributed by atoms with van der Waals surface area (Å²) in [5, 5.41) is 18.4.